The van der Waals surface area contributed by atoms with Crippen LogP contribution in [0.3, 0.4) is 0 Å². The van der Waals surface area contributed by atoms with E-state index in [-0.39, 0.29) is 0 Å². The van der Waals surface area contributed by atoms with Gasteiger partial charge < -0.3 is 5.32 Å². The fourth-order valence-electron chi connectivity index (χ4n) is 2.87. The van der Waals surface area contributed by atoms with Gasteiger partial charge in [-0.2, -0.15) is 0 Å². The second-order valence-corrected chi connectivity index (χ2v) is 5.98. The van der Waals surface area contributed by atoms with Gasteiger partial charge >= 0.3 is 0 Å². The SMILES string of the molecule is CCCCCC(Nc1cc(C)cc(C)c1)c1ccccc1. The van der Waals surface area contributed by atoms with Gasteiger partial charge in [-0.15, -0.1) is 0 Å². The fraction of sp³-hybridized carbons (Fsp3) is 0.400. The van der Waals surface area contributed by atoms with Gasteiger partial charge in [-0.3, -0.25) is 0 Å². The maximum Gasteiger partial charge on any atom is 0.0513 e. The number of benzene rings is 2. The van der Waals surface area contributed by atoms with E-state index >= 15 is 0 Å². The Morgan fingerprint density at radius 3 is 2.19 bits per heavy atom. The van der Waals surface area contributed by atoms with Crippen LogP contribution >= 0.6 is 0 Å². The van der Waals surface area contributed by atoms with Gasteiger partial charge in [0.1, 0.15) is 0 Å². The molecule has 2 aromatic carbocycles. The first-order valence-electron chi connectivity index (χ1n) is 8.09. The molecule has 21 heavy (non-hydrogen) atoms. The standard InChI is InChI=1S/C20H27N/c1-4-5-7-12-20(18-10-8-6-9-11-18)21-19-14-16(2)13-17(3)15-19/h6,8-11,13-15,20-21H,4-5,7,12H2,1-3H3. The summed E-state index contributed by atoms with van der Waals surface area (Å²) in [6.07, 6.45) is 5.03. The fourth-order valence-corrected chi connectivity index (χ4v) is 2.87. The normalized spacial score (nSPS) is 12.1. The zero-order valence-corrected chi connectivity index (χ0v) is 13.5. The van der Waals surface area contributed by atoms with Gasteiger partial charge in [0, 0.05) is 5.69 Å². The van der Waals surface area contributed by atoms with E-state index in [0.29, 0.717) is 6.04 Å². The van der Waals surface area contributed by atoms with Crippen molar-refractivity contribution in [2.45, 2.75) is 52.5 Å². The number of nitrogens with one attached hydrogen (secondary N) is 1. The lowest BCUT2D eigenvalue weighted by molar-refractivity contribution is 0.606. The van der Waals surface area contributed by atoms with Gasteiger partial charge in [-0.05, 0) is 49.1 Å². The molecule has 0 saturated heterocycles. The first-order valence-corrected chi connectivity index (χ1v) is 8.09. The number of hydrogen-bond donors (Lipinski definition) is 1. The van der Waals surface area contributed by atoms with Gasteiger partial charge in [-0.25, -0.2) is 0 Å². The van der Waals surface area contributed by atoms with Gasteiger partial charge in [0.05, 0.1) is 6.04 Å². The lowest BCUT2D eigenvalue weighted by Gasteiger charge is -2.21. The second-order valence-electron chi connectivity index (χ2n) is 5.98. The lowest BCUT2D eigenvalue weighted by Crippen LogP contribution is -2.11. The zero-order chi connectivity index (χ0) is 15.1. The van der Waals surface area contributed by atoms with Crippen LogP contribution < -0.4 is 5.32 Å². The molecule has 1 heteroatoms. The minimum atomic E-state index is 0.402. The summed E-state index contributed by atoms with van der Waals surface area (Å²) in [7, 11) is 0. The molecule has 0 aliphatic rings. The van der Waals surface area contributed by atoms with E-state index < -0.39 is 0 Å². The predicted molar refractivity (Wildman–Crippen MR) is 92.9 cm³/mol. The van der Waals surface area contributed by atoms with Crippen molar-refractivity contribution in [1.29, 1.82) is 0 Å². The molecule has 0 bridgehead atoms. The summed E-state index contributed by atoms with van der Waals surface area (Å²) in [4.78, 5) is 0. The highest BCUT2D eigenvalue weighted by Crippen LogP contribution is 2.26. The summed E-state index contributed by atoms with van der Waals surface area (Å²) in [6, 6.07) is 17.9. The molecular formula is C20H27N. The summed E-state index contributed by atoms with van der Waals surface area (Å²) in [5.41, 5.74) is 5.25. The van der Waals surface area contributed by atoms with E-state index in [4.69, 9.17) is 0 Å². The van der Waals surface area contributed by atoms with Crippen molar-refractivity contribution in [1.82, 2.24) is 0 Å². The highest BCUT2D eigenvalue weighted by Gasteiger charge is 2.11. The minimum Gasteiger partial charge on any atom is -0.378 e. The molecule has 0 aliphatic carbocycles. The van der Waals surface area contributed by atoms with Crippen LogP contribution in [-0.4, -0.2) is 0 Å². The third kappa shape index (κ3) is 4.93. The Labute approximate surface area is 129 Å². The summed E-state index contributed by atoms with van der Waals surface area (Å²) < 4.78 is 0. The first kappa shape index (κ1) is 15.6. The van der Waals surface area contributed by atoms with E-state index in [1.165, 1.54) is 48.1 Å². The Hall–Kier alpha value is -1.76. The van der Waals surface area contributed by atoms with Crippen molar-refractivity contribution in [3.63, 3.8) is 0 Å². The van der Waals surface area contributed by atoms with E-state index in [1.807, 2.05) is 0 Å². The molecule has 2 rings (SSSR count). The molecule has 1 unspecified atom stereocenters. The third-order valence-corrected chi connectivity index (χ3v) is 3.86. The van der Waals surface area contributed by atoms with Crippen LogP contribution in [0.25, 0.3) is 0 Å². The van der Waals surface area contributed by atoms with Crippen LogP contribution in [0.1, 0.15) is 55.3 Å². The number of unbranched alkanes of at least 4 members (excludes halogenated alkanes) is 2. The monoisotopic (exact) mass is 281 g/mol. The Morgan fingerprint density at radius 1 is 0.905 bits per heavy atom. The van der Waals surface area contributed by atoms with Crippen LogP contribution in [0.15, 0.2) is 48.5 Å². The average molecular weight is 281 g/mol. The summed E-state index contributed by atoms with van der Waals surface area (Å²) in [5, 5.41) is 3.74. The van der Waals surface area contributed by atoms with Crippen molar-refractivity contribution in [3.8, 4) is 0 Å². The van der Waals surface area contributed by atoms with Gasteiger partial charge in [0.25, 0.3) is 0 Å². The van der Waals surface area contributed by atoms with Crippen molar-refractivity contribution in [2.75, 3.05) is 5.32 Å². The molecule has 0 aromatic heterocycles. The number of hydrogen-bond acceptors (Lipinski definition) is 1. The van der Waals surface area contributed by atoms with Crippen molar-refractivity contribution in [3.05, 3.63) is 65.2 Å². The van der Waals surface area contributed by atoms with Crippen LogP contribution in [0, 0.1) is 13.8 Å². The summed E-state index contributed by atoms with van der Waals surface area (Å²) in [5.74, 6) is 0. The molecule has 0 aliphatic heterocycles. The maximum atomic E-state index is 3.74. The molecule has 2 aromatic rings. The molecule has 0 saturated carbocycles. The first-order chi connectivity index (χ1) is 10.2. The second kappa shape index (κ2) is 7.87. The molecular weight excluding hydrogens is 254 g/mol. The van der Waals surface area contributed by atoms with Crippen LogP contribution in [0.4, 0.5) is 5.69 Å². The maximum absolute atomic E-state index is 3.74. The molecule has 0 spiro atoms. The summed E-state index contributed by atoms with van der Waals surface area (Å²) >= 11 is 0. The molecule has 1 atom stereocenters. The van der Waals surface area contributed by atoms with E-state index in [1.54, 1.807) is 0 Å². The minimum absolute atomic E-state index is 0.402. The van der Waals surface area contributed by atoms with Crippen LogP contribution in [0.2, 0.25) is 0 Å². The molecule has 0 fully saturated rings. The van der Waals surface area contributed by atoms with E-state index in [0.717, 1.165) is 0 Å². The Kier molecular flexibility index (Phi) is 5.86. The topological polar surface area (TPSA) is 12.0 Å². The van der Waals surface area contributed by atoms with Crippen molar-refractivity contribution in [2.24, 2.45) is 0 Å². The molecule has 1 nitrogen and oxygen atoms in total. The third-order valence-electron chi connectivity index (χ3n) is 3.86. The molecule has 0 radical (unpaired) electrons. The zero-order valence-electron chi connectivity index (χ0n) is 13.5. The van der Waals surface area contributed by atoms with Crippen LogP contribution in [0.5, 0.6) is 0 Å². The summed E-state index contributed by atoms with van der Waals surface area (Å²) in [6.45, 7) is 6.58. The van der Waals surface area contributed by atoms with Gasteiger partial charge in [0.2, 0.25) is 0 Å². The lowest BCUT2D eigenvalue weighted by atomic mass is 9.99. The highest BCUT2D eigenvalue weighted by atomic mass is 14.9. The number of rotatable bonds is 7. The van der Waals surface area contributed by atoms with Gasteiger partial charge in [-0.1, -0.05) is 62.6 Å². The van der Waals surface area contributed by atoms with E-state index in [9.17, 15) is 0 Å². The highest BCUT2D eigenvalue weighted by molar-refractivity contribution is 5.50. The Balaban J connectivity index is 2.15. The number of anilines is 1. The van der Waals surface area contributed by atoms with Crippen molar-refractivity contribution < 1.29 is 0 Å². The average Bonchev–Trinajstić information content (AvgIpc) is 2.46. The van der Waals surface area contributed by atoms with E-state index in [2.05, 4.69) is 74.6 Å². The molecule has 112 valence electrons. The largest absolute Gasteiger partial charge is 0.378 e. The Bertz CT molecular complexity index is 525. The van der Waals surface area contributed by atoms with Crippen molar-refractivity contribution >= 4 is 5.69 Å². The number of aryl methyl sites for hydroxylation is 2. The van der Waals surface area contributed by atoms with Gasteiger partial charge in [0.15, 0.2) is 0 Å². The van der Waals surface area contributed by atoms with Crippen LogP contribution in [-0.2, 0) is 0 Å². The predicted octanol–water partition coefficient (Wildman–Crippen LogP) is 6.04. The molecule has 0 amide bonds. The molecule has 1 N–H and O–H groups in total. The Morgan fingerprint density at radius 2 is 1.57 bits per heavy atom. The molecule has 0 heterocycles. The quantitative estimate of drug-likeness (QED) is 0.610. The smallest absolute Gasteiger partial charge is 0.0513 e.